The van der Waals surface area contributed by atoms with Crippen LogP contribution < -0.4 is 5.32 Å². The van der Waals surface area contributed by atoms with Gasteiger partial charge in [-0.15, -0.1) is 21.5 Å². The minimum Gasteiger partial charge on any atom is -0.469 e. The molecule has 0 spiro atoms. The van der Waals surface area contributed by atoms with Gasteiger partial charge in [0.15, 0.2) is 11.6 Å². The molecule has 188 valence electrons. The van der Waals surface area contributed by atoms with Crippen molar-refractivity contribution in [3.05, 3.63) is 96.8 Å². The third-order valence-corrected chi connectivity index (χ3v) is 7.85. The Labute approximate surface area is 230 Å². The molecule has 0 unspecified atom stereocenters. The fourth-order valence-corrected chi connectivity index (χ4v) is 5.60. The molecule has 2 aromatic heterocycles. The lowest BCUT2D eigenvalue weighted by Crippen LogP contribution is -2.24. The lowest BCUT2D eigenvalue weighted by Gasteiger charge is -2.11. The van der Waals surface area contributed by atoms with E-state index in [-0.39, 0.29) is 36.4 Å². The highest BCUT2D eigenvalue weighted by atomic mass is 35.5. The summed E-state index contributed by atoms with van der Waals surface area (Å²) >= 11 is 19.9. The average molecular weight is 575 g/mol. The fraction of sp³-hybridized carbons (Fsp3) is 0.160. The largest absolute Gasteiger partial charge is 0.469 e. The number of rotatable bonds is 6. The number of esters is 1. The smallest absolute Gasteiger partial charge is 0.310 e. The maximum absolute atomic E-state index is 12.8. The number of methoxy groups -OCH3 is 1. The number of carbonyl (C=O) groups excluding carboxylic acids is 2. The summed E-state index contributed by atoms with van der Waals surface area (Å²) in [6.07, 6.45) is 0.102. The number of nitrogens with zero attached hydrogens (tertiary/aromatic N) is 4. The van der Waals surface area contributed by atoms with Crippen LogP contribution in [0.4, 0.5) is 0 Å². The molecule has 0 atom stereocenters. The number of ether oxygens (including phenoxy) is 1. The molecule has 1 N–H and O–H groups in total. The van der Waals surface area contributed by atoms with E-state index in [1.807, 2.05) is 28.8 Å². The van der Waals surface area contributed by atoms with E-state index in [9.17, 15) is 9.59 Å². The van der Waals surface area contributed by atoms with Gasteiger partial charge in [0.25, 0.3) is 5.91 Å². The summed E-state index contributed by atoms with van der Waals surface area (Å²) in [5.74, 6) is 0.404. The van der Waals surface area contributed by atoms with Crippen LogP contribution in [-0.4, -0.2) is 39.5 Å². The number of fused-ring (bicyclic) bond motifs is 3. The summed E-state index contributed by atoms with van der Waals surface area (Å²) in [6, 6.07) is 14.0. The summed E-state index contributed by atoms with van der Waals surface area (Å²) in [4.78, 5) is 30.4. The maximum atomic E-state index is 12.8. The van der Waals surface area contributed by atoms with Crippen LogP contribution in [0.1, 0.15) is 38.0 Å². The number of carbonyl (C=O) groups is 2. The summed E-state index contributed by atoms with van der Waals surface area (Å²) in [6.45, 7) is 0.346. The SMILES string of the molecule is COC(=O)Cc1cc2c(s1)-n1c(nnc1CNC(=O)c1ccc(Cl)c(Cl)c1)CN=C2c1ccccc1Cl. The van der Waals surface area contributed by atoms with Crippen LogP contribution >= 0.6 is 46.1 Å². The number of hydrogen-bond acceptors (Lipinski definition) is 7. The quantitative estimate of drug-likeness (QED) is 0.316. The highest BCUT2D eigenvalue weighted by Gasteiger charge is 2.27. The Morgan fingerprint density at radius 2 is 1.84 bits per heavy atom. The molecule has 3 heterocycles. The second-order valence-corrected chi connectivity index (χ2v) is 10.3. The van der Waals surface area contributed by atoms with Crippen LogP contribution in [-0.2, 0) is 29.0 Å². The standard InChI is InChI=1S/C25H18Cl3N5O3S/c1-36-22(34)10-14-9-16-23(15-4-2-3-5-17(15)26)29-11-20-31-32-21(33(20)25(16)37-14)12-30-24(35)13-6-7-18(27)19(28)8-13/h2-9H,10-12H2,1H3,(H,30,35). The number of thiophene rings is 1. The van der Waals surface area contributed by atoms with Gasteiger partial charge in [-0.2, -0.15) is 0 Å². The lowest BCUT2D eigenvalue weighted by molar-refractivity contribution is -0.139. The average Bonchev–Trinajstić information content (AvgIpc) is 3.45. The number of aromatic nitrogens is 3. The topological polar surface area (TPSA) is 98.5 Å². The number of amides is 1. The van der Waals surface area contributed by atoms with E-state index in [4.69, 9.17) is 44.5 Å². The molecular weight excluding hydrogens is 557 g/mol. The molecule has 0 aliphatic carbocycles. The highest BCUT2D eigenvalue weighted by molar-refractivity contribution is 7.15. The van der Waals surface area contributed by atoms with Gasteiger partial charge in [0.05, 0.1) is 35.8 Å². The Kier molecular flexibility index (Phi) is 7.30. The van der Waals surface area contributed by atoms with Crippen LogP contribution in [0, 0.1) is 0 Å². The number of benzene rings is 2. The first-order chi connectivity index (χ1) is 17.9. The molecule has 12 heteroatoms. The summed E-state index contributed by atoms with van der Waals surface area (Å²) < 4.78 is 6.73. The molecule has 5 rings (SSSR count). The van der Waals surface area contributed by atoms with Crippen molar-refractivity contribution in [2.75, 3.05) is 7.11 Å². The Balaban J connectivity index is 1.52. The number of nitrogens with one attached hydrogen (secondary N) is 1. The van der Waals surface area contributed by atoms with Gasteiger partial charge in [0.1, 0.15) is 11.5 Å². The van der Waals surface area contributed by atoms with Gasteiger partial charge >= 0.3 is 5.97 Å². The molecule has 1 amide bonds. The van der Waals surface area contributed by atoms with E-state index in [2.05, 4.69) is 15.5 Å². The van der Waals surface area contributed by atoms with Crippen molar-refractivity contribution in [1.82, 2.24) is 20.1 Å². The monoisotopic (exact) mass is 573 g/mol. The zero-order valence-corrected chi connectivity index (χ0v) is 22.4. The van der Waals surface area contributed by atoms with Crippen LogP contribution in [0.25, 0.3) is 5.00 Å². The van der Waals surface area contributed by atoms with Crippen molar-refractivity contribution >= 4 is 63.7 Å². The van der Waals surface area contributed by atoms with Crippen molar-refractivity contribution < 1.29 is 14.3 Å². The maximum Gasteiger partial charge on any atom is 0.310 e. The van der Waals surface area contributed by atoms with Crippen molar-refractivity contribution in [1.29, 1.82) is 0 Å². The summed E-state index contributed by atoms with van der Waals surface area (Å²) in [5, 5.41) is 13.5. The number of hydrogen-bond donors (Lipinski definition) is 1. The van der Waals surface area contributed by atoms with Crippen molar-refractivity contribution in [3.8, 4) is 5.00 Å². The predicted octanol–water partition coefficient (Wildman–Crippen LogP) is 5.29. The summed E-state index contributed by atoms with van der Waals surface area (Å²) in [7, 11) is 1.35. The minimum absolute atomic E-state index is 0.0944. The Morgan fingerprint density at radius 3 is 2.59 bits per heavy atom. The minimum atomic E-state index is -0.356. The molecule has 1 aliphatic rings. The van der Waals surface area contributed by atoms with Gasteiger partial charge in [-0.1, -0.05) is 53.0 Å². The molecule has 8 nitrogen and oxygen atoms in total. The predicted molar refractivity (Wildman–Crippen MR) is 143 cm³/mol. The van der Waals surface area contributed by atoms with Crippen molar-refractivity contribution in [2.45, 2.75) is 19.5 Å². The third kappa shape index (κ3) is 5.13. The molecule has 0 saturated heterocycles. The fourth-order valence-electron chi connectivity index (χ4n) is 3.89. The van der Waals surface area contributed by atoms with Gasteiger partial charge in [0, 0.05) is 26.6 Å². The zero-order chi connectivity index (χ0) is 26.1. The Hall–Kier alpha value is -3.24. The molecule has 0 radical (unpaired) electrons. The molecule has 2 aromatic carbocycles. The zero-order valence-electron chi connectivity index (χ0n) is 19.3. The van der Waals surface area contributed by atoms with Gasteiger partial charge in [-0.05, 0) is 30.3 Å². The molecule has 1 aliphatic heterocycles. The van der Waals surface area contributed by atoms with Gasteiger partial charge < -0.3 is 10.1 Å². The van der Waals surface area contributed by atoms with E-state index in [0.29, 0.717) is 33.0 Å². The Bertz CT molecular complexity index is 1560. The van der Waals surface area contributed by atoms with E-state index >= 15 is 0 Å². The number of halogens is 3. The second kappa shape index (κ2) is 10.6. The van der Waals surface area contributed by atoms with Crippen LogP contribution in [0.2, 0.25) is 15.1 Å². The van der Waals surface area contributed by atoms with E-state index in [1.54, 1.807) is 18.2 Å². The molecule has 0 bridgehead atoms. The molecule has 0 fully saturated rings. The normalized spacial score (nSPS) is 12.3. The first-order valence-corrected chi connectivity index (χ1v) is 13.0. The van der Waals surface area contributed by atoms with Gasteiger partial charge in [0.2, 0.25) is 0 Å². The second-order valence-electron chi connectivity index (χ2n) is 8.01. The molecule has 0 saturated carbocycles. The lowest BCUT2D eigenvalue weighted by atomic mass is 10.0. The highest BCUT2D eigenvalue weighted by Crippen LogP contribution is 2.35. The van der Waals surface area contributed by atoms with Crippen LogP contribution in [0.3, 0.4) is 0 Å². The first-order valence-electron chi connectivity index (χ1n) is 11.0. The van der Waals surface area contributed by atoms with E-state index < -0.39 is 0 Å². The number of aliphatic imine (C=N–C) groups is 1. The Morgan fingerprint density at radius 1 is 1.03 bits per heavy atom. The van der Waals surface area contributed by atoms with Crippen molar-refractivity contribution in [2.24, 2.45) is 4.99 Å². The molecular formula is C25H18Cl3N5O3S. The first kappa shape index (κ1) is 25.4. The van der Waals surface area contributed by atoms with Crippen molar-refractivity contribution in [3.63, 3.8) is 0 Å². The van der Waals surface area contributed by atoms with Crippen LogP contribution in [0.5, 0.6) is 0 Å². The van der Waals surface area contributed by atoms with Crippen LogP contribution in [0.15, 0.2) is 53.5 Å². The molecule has 4 aromatic rings. The summed E-state index contributed by atoms with van der Waals surface area (Å²) in [5.41, 5.74) is 2.60. The third-order valence-electron chi connectivity index (χ3n) is 5.66. The van der Waals surface area contributed by atoms with Gasteiger partial charge in [-0.25, -0.2) is 0 Å². The van der Waals surface area contributed by atoms with E-state index in [1.165, 1.54) is 24.5 Å². The van der Waals surface area contributed by atoms with Gasteiger partial charge in [-0.3, -0.25) is 19.1 Å². The van der Waals surface area contributed by atoms with E-state index in [0.717, 1.165) is 21.0 Å². The molecule has 37 heavy (non-hydrogen) atoms.